The van der Waals surface area contributed by atoms with E-state index in [2.05, 4.69) is 32.7 Å². The van der Waals surface area contributed by atoms with E-state index in [-0.39, 0.29) is 11.6 Å². The zero-order valence-electron chi connectivity index (χ0n) is 19.9. The van der Waals surface area contributed by atoms with Crippen molar-refractivity contribution in [3.8, 4) is 5.69 Å². The Kier molecular flexibility index (Phi) is 5.17. The van der Waals surface area contributed by atoms with Crippen molar-refractivity contribution < 1.29 is 4.39 Å². The van der Waals surface area contributed by atoms with Gasteiger partial charge in [0.05, 0.1) is 17.4 Å². The molecule has 2 N–H and O–H groups in total. The van der Waals surface area contributed by atoms with Crippen molar-refractivity contribution in [3.63, 3.8) is 0 Å². The number of hydrogen-bond acceptors (Lipinski definition) is 6. The van der Waals surface area contributed by atoms with Gasteiger partial charge in [-0.05, 0) is 61.2 Å². The molecule has 35 heavy (non-hydrogen) atoms. The summed E-state index contributed by atoms with van der Waals surface area (Å²) in [7, 11) is 0. The number of anilines is 2. The second-order valence-corrected chi connectivity index (χ2v) is 10.1. The average molecular weight is 474 g/mol. The summed E-state index contributed by atoms with van der Waals surface area (Å²) in [6.07, 6.45) is 6.11. The topological polar surface area (TPSA) is 89.7 Å². The molecule has 3 aromatic heterocycles. The third-order valence-corrected chi connectivity index (χ3v) is 6.88. The molecule has 0 atom stereocenters. The summed E-state index contributed by atoms with van der Waals surface area (Å²) >= 11 is 0. The molecule has 1 fully saturated rings. The van der Waals surface area contributed by atoms with Gasteiger partial charge in [0.15, 0.2) is 5.65 Å². The second-order valence-electron chi connectivity index (χ2n) is 10.1. The highest BCUT2D eigenvalue weighted by Crippen LogP contribution is 2.36. The van der Waals surface area contributed by atoms with Crippen molar-refractivity contribution in [2.24, 2.45) is 0 Å². The van der Waals surface area contributed by atoms with E-state index in [1.165, 1.54) is 11.1 Å². The summed E-state index contributed by atoms with van der Waals surface area (Å²) in [6, 6.07) is 10.1. The molecular formula is C26H28FN7O. The van der Waals surface area contributed by atoms with Gasteiger partial charge < -0.3 is 10.6 Å². The predicted molar refractivity (Wildman–Crippen MR) is 133 cm³/mol. The zero-order valence-corrected chi connectivity index (χ0v) is 19.9. The molecule has 8 nitrogen and oxygen atoms in total. The summed E-state index contributed by atoms with van der Waals surface area (Å²) < 4.78 is 17.3. The van der Waals surface area contributed by atoms with E-state index >= 15 is 0 Å². The number of rotatable bonds is 6. The first-order valence-corrected chi connectivity index (χ1v) is 12.1. The fourth-order valence-electron chi connectivity index (χ4n) is 4.63. The Labute approximate surface area is 202 Å². The standard InChI is InChI=1S/C26H28FN7O/c1-26(2,15-27)22-12-20(8-10-29-22)33-23-21(24(35)34(33)19-5-6-19)14-30-25(32-23)31-18-4-3-17-13-28-9-7-16(17)11-18/h3-4,8,10-12,14,19,28H,5-7,9,13,15H2,1-2H3,(H,30,31,32). The van der Waals surface area contributed by atoms with Crippen LogP contribution < -0.4 is 16.2 Å². The average Bonchev–Trinajstić information content (AvgIpc) is 3.68. The molecule has 2 aliphatic rings. The van der Waals surface area contributed by atoms with Crippen molar-refractivity contribution in [3.05, 3.63) is 69.9 Å². The normalized spacial score (nSPS) is 15.9. The van der Waals surface area contributed by atoms with Crippen LogP contribution in [-0.4, -0.2) is 37.5 Å². The van der Waals surface area contributed by atoms with Crippen LogP contribution in [0.15, 0.2) is 47.5 Å². The van der Waals surface area contributed by atoms with Crippen molar-refractivity contribution >= 4 is 22.7 Å². The molecule has 0 spiro atoms. The van der Waals surface area contributed by atoms with E-state index in [1.807, 2.05) is 36.7 Å². The molecule has 1 aliphatic heterocycles. The van der Waals surface area contributed by atoms with Crippen molar-refractivity contribution in [1.82, 2.24) is 29.6 Å². The maximum Gasteiger partial charge on any atom is 0.278 e. The van der Waals surface area contributed by atoms with Crippen LogP contribution in [0.2, 0.25) is 0 Å². The lowest BCUT2D eigenvalue weighted by atomic mass is 9.90. The van der Waals surface area contributed by atoms with Crippen LogP contribution in [0.1, 0.15) is 49.6 Å². The van der Waals surface area contributed by atoms with Gasteiger partial charge >= 0.3 is 0 Å². The zero-order chi connectivity index (χ0) is 24.2. The van der Waals surface area contributed by atoms with Crippen LogP contribution in [0.25, 0.3) is 16.7 Å². The first kappa shape index (κ1) is 21.9. The van der Waals surface area contributed by atoms with E-state index in [9.17, 15) is 9.18 Å². The van der Waals surface area contributed by atoms with Gasteiger partial charge in [0.1, 0.15) is 12.1 Å². The van der Waals surface area contributed by atoms with E-state index < -0.39 is 12.1 Å². The Morgan fingerprint density at radius 1 is 1.17 bits per heavy atom. The van der Waals surface area contributed by atoms with Gasteiger partial charge in [0.25, 0.3) is 5.56 Å². The van der Waals surface area contributed by atoms with Gasteiger partial charge in [0, 0.05) is 30.0 Å². The molecule has 1 aromatic carbocycles. The number of fused-ring (bicyclic) bond motifs is 2. The van der Waals surface area contributed by atoms with Gasteiger partial charge in [-0.3, -0.25) is 14.2 Å². The van der Waals surface area contributed by atoms with Crippen LogP contribution in [0, 0.1) is 0 Å². The number of aromatic nitrogens is 5. The van der Waals surface area contributed by atoms with Crippen molar-refractivity contribution in [2.45, 2.75) is 51.1 Å². The van der Waals surface area contributed by atoms with Gasteiger partial charge in [-0.1, -0.05) is 19.9 Å². The number of nitrogens with zero attached hydrogens (tertiary/aromatic N) is 5. The van der Waals surface area contributed by atoms with Gasteiger partial charge in [-0.15, -0.1) is 0 Å². The maximum atomic E-state index is 13.7. The Morgan fingerprint density at radius 3 is 2.83 bits per heavy atom. The largest absolute Gasteiger partial charge is 0.324 e. The number of nitrogens with one attached hydrogen (secondary N) is 2. The fourth-order valence-corrected chi connectivity index (χ4v) is 4.63. The molecular weight excluding hydrogens is 445 g/mol. The minimum absolute atomic E-state index is 0.113. The van der Waals surface area contributed by atoms with Crippen LogP contribution >= 0.6 is 0 Å². The summed E-state index contributed by atoms with van der Waals surface area (Å²) in [4.78, 5) is 27.0. The molecule has 4 heterocycles. The van der Waals surface area contributed by atoms with Crippen LogP contribution in [-0.2, 0) is 18.4 Å². The molecule has 0 saturated heterocycles. The molecule has 1 saturated carbocycles. The Bertz CT molecular complexity index is 1490. The van der Waals surface area contributed by atoms with Crippen molar-refractivity contribution in [2.75, 3.05) is 18.5 Å². The quantitative estimate of drug-likeness (QED) is 0.441. The highest BCUT2D eigenvalue weighted by atomic mass is 19.1. The van der Waals surface area contributed by atoms with E-state index in [0.29, 0.717) is 22.7 Å². The van der Waals surface area contributed by atoms with E-state index in [1.54, 1.807) is 17.1 Å². The van der Waals surface area contributed by atoms with Crippen molar-refractivity contribution in [1.29, 1.82) is 0 Å². The van der Waals surface area contributed by atoms with Gasteiger partial charge in [-0.25, -0.2) is 14.3 Å². The first-order valence-electron chi connectivity index (χ1n) is 12.1. The number of benzene rings is 1. The number of hydrogen-bond donors (Lipinski definition) is 2. The summed E-state index contributed by atoms with van der Waals surface area (Å²) in [5.74, 6) is 0.423. The number of halogens is 1. The molecule has 0 amide bonds. The third-order valence-electron chi connectivity index (χ3n) is 6.88. The Hall–Kier alpha value is -3.59. The lowest BCUT2D eigenvalue weighted by Gasteiger charge is -2.21. The Morgan fingerprint density at radius 2 is 2.03 bits per heavy atom. The molecule has 9 heteroatoms. The monoisotopic (exact) mass is 473 g/mol. The lowest BCUT2D eigenvalue weighted by Crippen LogP contribution is -2.23. The highest BCUT2D eigenvalue weighted by molar-refractivity contribution is 5.77. The maximum absolute atomic E-state index is 13.7. The molecule has 4 aromatic rings. The summed E-state index contributed by atoms with van der Waals surface area (Å²) in [5, 5.41) is 7.16. The van der Waals surface area contributed by atoms with E-state index in [4.69, 9.17) is 4.98 Å². The molecule has 0 unspecified atom stereocenters. The smallest absolute Gasteiger partial charge is 0.278 e. The minimum atomic E-state index is -0.729. The summed E-state index contributed by atoms with van der Waals surface area (Å²) in [5.41, 5.74) is 4.58. The van der Waals surface area contributed by atoms with E-state index in [0.717, 1.165) is 43.7 Å². The second kappa shape index (κ2) is 8.27. The molecule has 180 valence electrons. The summed E-state index contributed by atoms with van der Waals surface area (Å²) in [6.45, 7) is 4.96. The molecule has 0 bridgehead atoms. The number of pyridine rings is 1. The van der Waals surface area contributed by atoms with Crippen LogP contribution in [0.5, 0.6) is 0 Å². The van der Waals surface area contributed by atoms with Gasteiger partial charge in [-0.2, -0.15) is 4.98 Å². The molecule has 0 radical (unpaired) electrons. The van der Waals surface area contributed by atoms with Crippen LogP contribution in [0.4, 0.5) is 16.0 Å². The predicted octanol–water partition coefficient (Wildman–Crippen LogP) is 3.95. The fraction of sp³-hybridized carbons (Fsp3) is 0.385. The lowest BCUT2D eigenvalue weighted by molar-refractivity contribution is 0.344. The highest BCUT2D eigenvalue weighted by Gasteiger charge is 2.31. The molecule has 1 aliphatic carbocycles. The minimum Gasteiger partial charge on any atom is -0.324 e. The SMILES string of the molecule is CC(C)(CF)c1cc(-n2c3nc(Nc4ccc5c(c4)CCNC5)ncc3c(=O)n2C2CC2)ccn1. The Balaban J connectivity index is 1.46. The van der Waals surface area contributed by atoms with Gasteiger partial charge in [0.2, 0.25) is 5.95 Å². The number of alkyl halides is 1. The third kappa shape index (κ3) is 3.89. The first-order chi connectivity index (χ1) is 16.9. The molecule has 6 rings (SSSR count). The van der Waals surface area contributed by atoms with Crippen LogP contribution in [0.3, 0.4) is 0 Å².